The first-order valence-corrected chi connectivity index (χ1v) is 9.22. The third-order valence-corrected chi connectivity index (χ3v) is 5.17. The van der Waals surface area contributed by atoms with Crippen LogP contribution in [-0.4, -0.2) is 38.2 Å². The fraction of sp³-hybridized carbons (Fsp3) is 0.409. The summed E-state index contributed by atoms with van der Waals surface area (Å²) < 4.78 is 15.9. The molecule has 0 aliphatic heterocycles. The van der Waals surface area contributed by atoms with Gasteiger partial charge in [-0.1, -0.05) is 12.1 Å². The average molecular weight is 369 g/mol. The number of rotatable bonds is 8. The highest BCUT2D eigenvalue weighted by molar-refractivity contribution is 5.95. The fourth-order valence-electron chi connectivity index (χ4n) is 3.26. The topological polar surface area (TPSA) is 48.0 Å². The third kappa shape index (κ3) is 4.54. The first kappa shape index (κ1) is 19.1. The van der Waals surface area contributed by atoms with Crippen LogP contribution in [0.2, 0.25) is 0 Å². The van der Waals surface area contributed by atoms with Gasteiger partial charge in [-0.2, -0.15) is 0 Å². The van der Waals surface area contributed by atoms with E-state index in [-0.39, 0.29) is 11.9 Å². The van der Waals surface area contributed by atoms with Gasteiger partial charge in [-0.3, -0.25) is 4.79 Å². The Morgan fingerprint density at radius 3 is 2.00 bits per heavy atom. The summed E-state index contributed by atoms with van der Waals surface area (Å²) in [5, 5.41) is 0. The zero-order valence-corrected chi connectivity index (χ0v) is 16.4. The van der Waals surface area contributed by atoms with E-state index in [4.69, 9.17) is 14.2 Å². The molecule has 1 fully saturated rings. The van der Waals surface area contributed by atoms with Gasteiger partial charge in [0.05, 0.1) is 21.3 Å². The molecule has 1 aliphatic rings. The number of hydrogen-bond donors (Lipinski definition) is 0. The summed E-state index contributed by atoms with van der Waals surface area (Å²) in [6, 6.07) is 13.3. The molecule has 0 radical (unpaired) electrons. The first-order valence-electron chi connectivity index (χ1n) is 9.22. The number of hydrogen-bond acceptors (Lipinski definition) is 4. The van der Waals surface area contributed by atoms with Crippen LogP contribution < -0.4 is 14.2 Å². The van der Waals surface area contributed by atoms with Gasteiger partial charge < -0.3 is 19.1 Å². The zero-order chi connectivity index (χ0) is 19.4. The highest BCUT2D eigenvalue weighted by Crippen LogP contribution is 2.36. The number of methoxy groups -OCH3 is 3. The van der Waals surface area contributed by atoms with Crippen molar-refractivity contribution in [3.8, 4) is 17.2 Å². The standard InChI is InChI=1S/C22H27NO4/c1-15(17-7-8-17)23(14-16-5-9-19(25-2)10-6-16)22(24)18-11-20(26-3)13-21(12-18)27-4/h5-6,9-13,15,17H,7-8,14H2,1-4H3. The first-order chi connectivity index (χ1) is 13.0. The van der Waals surface area contributed by atoms with Crippen LogP contribution in [0.1, 0.15) is 35.7 Å². The number of benzene rings is 2. The van der Waals surface area contributed by atoms with Crippen molar-refractivity contribution in [2.75, 3.05) is 21.3 Å². The Bertz CT molecular complexity index is 761. The fourth-order valence-corrected chi connectivity index (χ4v) is 3.26. The van der Waals surface area contributed by atoms with Gasteiger partial charge in [0.1, 0.15) is 17.2 Å². The average Bonchev–Trinajstić information content (AvgIpc) is 3.56. The normalized spacial score (nSPS) is 14.4. The highest BCUT2D eigenvalue weighted by atomic mass is 16.5. The molecule has 1 amide bonds. The lowest BCUT2D eigenvalue weighted by molar-refractivity contribution is 0.0653. The Hall–Kier alpha value is -2.69. The van der Waals surface area contributed by atoms with Crippen LogP contribution in [0.25, 0.3) is 0 Å². The van der Waals surface area contributed by atoms with Crippen molar-refractivity contribution in [3.63, 3.8) is 0 Å². The van der Waals surface area contributed by atoms with E-state index in [0.717, 1.165) is 11.3 Å². The van der Waals surface area contributed by atoms with Crippen molar-refractivity contribution in [2.24, 2.45) is 5.92 Å². The molecule has 0 bridgehead atoms. The molecule has 3 rings (SSSR count). The highest BCUT2D eigenvalue weighted by Gasteiger charge is 2.35. The van der Waals surface area contributed by atoms with Gasteiger partial charge in [0.2, 0.25) is 0 Å². The van der Waals surface area contributed by atoms with Gasteiger partial charge in [0.25, 0.3) is 5.91 Å². The van der Waals surface area contributed by atoms with E-state index in [1.807, 2.05) is 29.2 Å². The summed E-state index contributed by atoms with van der Waals surface area (Å²) in [4.78, 5) is 15.3. The van der Waals surface area contributed by atoms with Gasteiger partial charge in [-0.05, 0) is 55.5 Å². The summed E-state index contributed by atoms with van der Waals surface area (Å²) in [7, 11) is 4.83. The molecular weight excluding hydrogens is 342 g/mol. The number of ether oxygens (including phenoxy) is 3. The Balaban J connectivity index is 1.88. The quantitative estimate of drug-likeness (QED) is 0.701. The number of amides is 1. The molecule has 1 aliphatic carbocycles. The minimum atomic E-state index is -0.0116. The molecule has 1 saturated carbocycles. The molecule has 27 heavy (non-hydrogen) atoms. The smallest absolute Gasteiger partial charge is 0.254 e. The number of carbonyl (C=O) groups is 1. The molecule has 0 aromatic heterocycles. The van der Waals surface area contributed by atoms with E-state index in [2.05, 4.69) is 6.92 Å². The van der Waals surface area contributed by atoms with Gasteiger partial charge in [-0.25, -0.2) is 0 Å². The minimum absolute atomic E-state index is 0.0116. The van der Waals surface area contributed by atoms with Crippen molar-refractivity contribution >= 4 is 5.91 Å². The molecular formula is C22H27NO4. The molecule has 0 heterocycles. The van der Waals surface area contributed by atoms with Gasteiger partial charge in [0, 0.05) is 24.2 Å². The summed E-state index contributed by atoms with van der Waals surface area (Å²) in [5.74, 6) is 2.59. The van der Waals surface area contributed by atoms with Crippen molar-refractivity contribution in [1.29, 1.82) is 0 Å². The van der Waals surface area contributed by atoms with Crippen LogP contribution in [0.15, 0.2) is 42.5 Å². The van der Waals surface area contributed by atoms with Gasteiger partial charge in [-0.15, -0.1) is 0 Å². The van der Waals surface area contributed by atoms with E-state index < -0.39 is 0 Å². The maximum atomic E-state index is 13.4. The molecule has 2 aromatic rings. The third-order valence-electron chi connectivity index (χ3n) is 5.17. The molecule has 1 unspecified atom stereocenters. The predicted octanol–water partition coefficient (Wildman–Crippen LogP) is 4.15. The summed E-state index contributed by atoms with van der Waals surface area (Å²) in [5.41, 5.74) is 1.65. The van der Waals surface area contributed by atoms with E-state index in [1.165, 1.54) is 12.8 Å². The SMILES string of the molecule is COc1ccc(CN(C(=O)c2cc(OC)cc(OC)c2)C(C)C2CC2)cc1. The lowest BCUT2D eigenvalue weighted by atomic mass is 10.1. The van der Waals surface area contributed by atoms with Crippen LogP contribution >= 0.6 is 0 Å². The van der Waals surface area contributed by atoms with Crippen LogP contribution in [0.3, 0.4) is 0 Å². The molecule has 5 nitrogen and oxygen atoms in total. The Labute approximate surface area is 160 Å². The number of carbonyl (C=O) groups excluding carboxylic acids is 1. The van der Waals surface area contributed by atoms with Gasteiger partial charge >= 0.3 is 0 Å². The monoisotopic (exact) mass is 369 g/mol. The van der Waals surface area contributed by atoms with Crippen molar-refractivity contribution in [2.45, 2.75) is 32.4 Å². The molecule has 0 N–H and O–H groups in total. The molecule has 5 heteroatoms. The Morgan fingerprint density at radius 1 is 0.963 bits per heavy atom. The summed E-state index contributed by atoms with van der Waals surface area (Å²) in [6.07, 6.45) is 2.35. The predicted molar refractivity (Wildman–Crippen MR) is 105 cm³/mol. The van der Waals surface area contributed by atoms with Gasteiger partial charge in [0.15, 0.2) is 0 Å². The zero-order valence-electron chi connectivity index (χ0n) is 16.4. The van der Waals surface area contributed by atoms with E-state index in [9.17, 15) is 4.79 Å². The largest absolute Gasteiger partial charge is 0.497 e. The maximum Gasteiger partial charge on any atom is 0.254 e. The Morgan fingerprint density at radius 2 is 1.52 bits per heavy atom. The van der Waals surface area contributed by atoms with Crippen LogP contribution in [0, 0.1) is 5.92 Å². The van der Waals surface area contributed by atoms with Crippen molar-refractivity contribution in [3.05, 3.63) is 53.6 Å². The molecule has 1 atom stereocenters. The maximum absolute atomic E-state index is 13.4. The second-order valence-electron chi connectivity index (χ2n) is 6.96. The van der Waals surface area contributed by atoms with E-state index in [1.54, 1.807) is 39.5 Å². The molecule has 2 aromatic carbocycles. The lowest BCUT2D eigenvalue weighted by Gasteiger charge is -2.30. The minimum Gasteiger partial charge on any atom is -0.497 e. The van der Waals surface area contributed by atoms with E-state index >= 15 is 0 Å². The van der Waals surface area contributed by atoms with Crippen LogP contribution in [0.5, 0.6) is 17.2 Å². The molecule has 144 valence electrons. The van der Waals surface area contributed by atoms with Crippen molar-refractivity contribution < 1.29 is 19.0 Å². The Kier molecular flexibility index (Phi) is 5.89. The molecule has 0 spiro atoms. The van der Waals surface area contributed by atoms with Crippen LogP contribution in [-0.2, 0) is 6.54 Å². The van der Waals surface area contributed by atoms with E-state index in [0.29, 0.717) is 29.5 Å². The number of nitrogens with zero attached hydrogens (tertiary/aromatic N) is 1. The second-order valence-corrected chi connectivity index (χ2v) is 6.96. The second kappa shape index (κ2) is 8.33. The lowest BCUT2D eigenvalue weighted by Crippen LogP contribution is -2.39. The summed E-state index contributed by atoms with van der Waals surface area (Å²) >= 11 is 0. The van der Waals surface area contributed by atoms with Crippen LogP contribution in [0.4, 0.5) is 0 Å². The van der Waals surface area contributed by atoms with Crippen molar-refractivity contribution in [1.82, 2.24) is 4.90 Å². The summed E-state index contributed by atoms with van der Waals surface area (Å²) in [6.45, 7) is 2.69. The molecule has 0 saturated heterocycles.